The molecule has 0 saturated carbocycles. The number of benzene rings is 3. The second-order valence-electron chi connectivity index (χ2n) is 6.37. The third-order valence-corrected chi connectivity index (χ3v) is 4.81. The van der Waals surface area contributed by atoms with Gasteiger partial charge in [0.1, 0.15) is 5.82 Å². The van der Waals surface area contributed by atoms with Crippen molar-refractivity contribution >= 4 is 38.3 Å². The minimum atomic E-state index is 0.727. The predicted molar refractivity (Wildman–Crippen MR) is 112 cm³/mol. The number of hydrogen-bond acceptors (Lipinski definition) is 3. The molecule has 0 unspecified atom stereocenters. The third kappa shape index (κ3) is 3.33. The van der Waals surface area contributed by atoms with Crippen molar-refractivity contribution in [2.24, 2.45) is 0 Å². The lowest BCUT2D eigenvalue weighted by molar-refractivity contribution is 1.22. The molecule has 0 radical (unpaired) electrons. The highest BCUT2D eigenvalue weighted by molar-refractivity contribution is 9.10. The monoisotopic (exact) mass is 403 g/mol. The van der Waals surface area contributed by atoms with E-state index >= 15 is 0 Å². The van der Waals surface area contributed by atoms with Gasteiger partial charge in [0, 0.05) is 21.1 Å². The summed E-state index contributed by atoms with van der Waals surface area (Å²) in [5.74, 6) is 1.54. The molecule has 4 rings (SSSR count). The second-order valence-corrected chi connectivity index (χ2v) is 7.28. The number of aromatic nitrogens is 2. The summed E-state index contributed by atoms with van der Waals surface area (Å²) in [6.45, 7) is 4.16. The van der Waals surface area contributed by atoms with E-state index in [2.05, 4.69) is 59.4 Å². The zero-order valence-corrected chi connectivity index (χ0v) is 16.2. The number of hydrogen-bond donors (Lipinski definition) is 1. The lowest BCUT2D eigenvalue weighted by Crippen LogP contribution is -2.00. The van der Waals surface area contributed by atoms with Crippen molar-refractivity contribution in [1.82, 2.24) is 9.97 Å². The maximum absolute atomic E-state index is 4.84. The molecule has 3 aromatic carbocycles. The largest absolute Gasteiger partial charge is 0.339 e. The van der Waals surface area contributed by atoms with Gasteiger partial charge in [0.25, 0.3) is 0 Å². The molecule has 0 spiro atoms. The first-order valence-corrected chi connectivity index (χ1v) is 9.26. The molecule has 4 aromatic rings. The van der Waals surface area contributed by atoms with Crippen molar-refractivity contribution in [2.45, 2.75) is 13.8 Å². The van der Waals surface area contributed by atoms with Crippen LogP contribution in [0.1, 0.15) is 11.1 Å². The minimum absolute atomic E-state index is 0.727. The fourth-order valence-electron chi connectivity index (χ4n) is 2.98. The van der Waals surface area contributed by atoms with Crippen molar-refractivity contribution in [3.8, 4) is 11.4 Å². The van der Waals surface area contributed by atoms with Crippen LogP contribution in [0.15, 0.2) is 71.2 Å². The van der Waals surface area contributed by atoms with Crippen LogP contribution in [0.4, 0.5) is 11.5 Å². The van der Waals surface area contributed by atoms with Gasteiger partial charge in [-0.25, -0.2) is 9.97 Å². The molecular weight excluding hydrogens is 386 g/mol. The summed E-state index contributed by atoms with van der Waals surface area (Å²) in [6, 6.07) is 22.5. The summed E-state index contributed by atoms with van der Waals surface area (Å²) in [7, 11) is 0. The van der Waals surface area contributed by atoms with Crippen LogP contribution in [0.3, 0.4) is 0 Å². The van der Waals surface area contributed by atoms with E-state index in [0.717, 1.165) is 43.8 Å². The van der Waals surface area contributed by atoms with Gasteiger partial charge in [-0.2, -0.15) is 0 Å². The molecule has 4 heteroatoms. The Labute approximate surface area is 161 Å². The molecule has 0 fully saturated rings. The van der Waals surface area contributed by atoms with E-state index in [4.69, 9.17) is 9.97 Å². The van der Waals surface area contributed by atoms with Crippen molar-refractivity contribution in [3.63, 3.8) is 0 Å². The Morgan fingerprint density at radius 2 is 1.69 bits per heavy atom. The number of nitrogens with zero attached hydrogens (tertiary/aromatic N) is 2. The Bertz CT molecular complexity index is 1110. The Morgan fingerprint density at radius 1 is 0.846 bits per heavy atom. The molecule has 0 bridgehead atoms. The predicted octanol–water partition coefficient (Wildman–Crippen LogP) is 6.42. The van der Waals surface area contributed by atoms with E-state index < -0.39 is 0 Å². The molecule has 1 heterocycles. The maximum atomic E-state index is 4.84. The molecule has 3 nitrogen and oxygen atoms in total. The van der Waals surface area contributed by atoms with Crippen molar-refractivity contribution < 1.29 is 0 Å². The molecule has 0 aliphatic carbocycles. The van der Waals surface area contributed by atoms with Crippen molar-refractivity contribution in [3.05, 3.63) is 82.3 Å². The Morgan fingerprint density at radius 3 is 2.50 bits per heavy atom. The van der Waals surface area contributed by atoms with E-state index in [1.807, 2.05) is 42.5 Å². The highest BCUT2D eigenvalue weighted by atomic mass is 79.9. The summed E-state index contributed by atoms with van der Waals surface area (Å²) in [4.78, 5) is 9.60. The molecular formula is C22H18BrN3. The third-order valence-electron chi connectivity index (χ3n) is 4.32. The van der Waals surface area contributed by atoms with Crippen LogP contribution in [-0.4, -0.2) is 9.97 Å². The van der Waals surface area contributed by atoms with Crippen LogP contribution in [0.2, 0.25) is 0 Å². The Kier molecular flexibility index (Phi) is 4.43. The summed E-state index contributed by atoms with van der Waals surface area (Å²) >= 11 is 3.52. The molecule has 0 amide bonds. The number of rotatable bonds is 3. The smallest absolute Gasteiger partial charge is 0.162 e. The first kappa shape index (κ1) is 16.7. The van der Waals surface area contributed by atoms with Gasteiger partial charge in [-0.05, 0) is 55.8 Å². The van der Waals surface area contributed by atoms with Gasteiger partial charge in [-0.3, -0.25) is 0 Å². The van der Waals surface area contributed by atoms with Crippen LogP contribution < -0.4 is 5.32 Å². The molecule has 26 heavy (non-hydrogen) atoms. The zero-order valence-electron chi connectivity index (χ0n) is 14.6. The summed E-state index contributed by atoms with van der Waals surface area (Å²) in [5.41, 5.74) is 5.33. The summed E-state index contributed by atoms with van der Waals surface area (Å²) in [6.07, 6.45) is 0. The Balaban J connectivity index is 1.87. The van der Waals surface area contributed by atoms with Gasteiger partial charge >= 0.3 is 0 Å². The number of anilines is 2. The fraction of sp³-hybridized carbons (Fsp3) is 0.0909. The standard InChI is InChI=1S/C22H18BrN3/c1-14-6-5-7-16(12-14)21-25-20-9-4-3-8-18(20)22(26-21)24-19-11-10-17(23)13-15(19)2/h3-13H,1-2H3,(H,24,25,26). The molecule has 128 valence electrons. The van der Waals surface area contributed by atoms with E-state index in [-0.39, 0.29) is 0 Å². The van der Waals surface area contributed by atoms with E-state index in [1.165, 1.54) is 5.56 Å². The highest BCUT2D eigenvalue weighted by Crippen LogP contribution is 2.29. The van der Waals surface area contributed by atoms with Gasteiger partial charge in [0.05, 0.1) is 5.52 Å². The minimum Gasteiger partial charge on any atom is -0.339 e. The molecule has 0 aliphatic rings. The van der Waals surface area contributed by atoms with Gasteiger partial charge in [0.2, 0.25) is 0 Å². The lowest BCUT2D eigenvalue weighted by atomic mass is 10.1. The number of fused-ring (bicyclic) bond motifs is 1. The van der Waals surface area contributed by atoms with Crippen molar-refractivity contribution in [1.29, 1.82) is 0 Å². The normalized spacial score (nSPS) is 10.9. The number of halogens is 1. The summed E-state index contributed by atoms with van der Waals surface area (Å²) < 4.78 is 1.06. The summed E-state index contributed by atoms with van der Waals surface area (Å²) in [5, 5.41) is 4.50. The molecule has 1 aromatic heterocycles. The van der Waals surface area contributed by atoms with Crippen LogP contribution in [0.25, 0.3) is 22.3 Å². The molecule has 0 atom stereocenters. The number of para-hydroxylation sites is 1. The van der Waals surface area contributed by atoms with E-state index in [1.54, 1.807) is 0 Å². The Hall–Kier alpha value is -2.72. The molecule has 0 aliphatic heterocycles. The van der Waals surface area contributed by atoms with Gasteiger partial charge in [-0.15, -0.1) is 0 Å². The second kappa shape index (κ2) is 6.89. The average molecular weight is 404 g/mol. The average Bonchev–Trinajstić information content (AvgIpc) is 2.64. The SMILES string of the molecule is Cc1cccc(-c2nc(Nc3ccc(Br)cc3C)c3ccccc3n2)c1. The zero-order chi connectivity index (χ0) is 18.1. The van der Waals surface area contributed by atoms with Crippen LogP contribution in [-0.2, 0) is 0 Å². The number of nitrogens with one attached hydrogen (secondary N) is 1. The van der Waals surface area contributed by atoms with E-state index in [9.17, 15) is 0 Å². The number of aryl methyl sites for hydroxylation is 2. The van der Waals surface area contributed by atoms with Gasteiger partial charge < -0.3 is 5.32 Å². The van der Waals surface area contributed by atoms with Crippen LogP contribution in [0.5, 0.6) is 0 Å². The van der Waals surface area contributed by atoms with Gasteiger partial charge in [0.15, 0.2) is 5.82 Å². The van der Waals surface area contributed by atoms with Crippen LogP contribution >= 0.6 is 15.9 Å². The molecule has 1 N–H and O–H groups in total. The lowest BCUT2D eigenvalue weighted by Gasteiger charge is -2.13. The van der Waals surface area contributed by atoms with E-state index in [0.29, 0.717) is 0 Å². The quantitative estimate of drug-likeness (QED) is 0.428. The fourth-order valence-corrected chi connectivity index (χ4v) is 3.46. The first-order chi connectivity index (χ1) is 12.6. The highest BCUT2D eigenvalue weighted by Gasteiger charge is 2.11. The first-order valence-electron chi connectivity index (χ1n) is 8.47. The molecule has 0 saturated heterocycles. The maximum Gasteiger partial charge on any atom is 0.162 e. The van der Waals surface area contributed by atoms with Crippen molar-refractivity contribution in [2.75, 3.05) is 5.32 Å². The van der Waals surface area contributed by atoms with Gasteiger partial charge in [-0.1, -0.05) is 51.8 Å². The van der Waals surface area contributed by atoms with Crippen LogP contribution in [0, 0.1) is 13.8 Å². The topological polar surface area (TPSA) is 37.8 Å².